The third-order valence-electron chi connectivity index (χ3n) is 2.04. The fourth-order valence-corrected chi connectivity index (χ4v) is 1.36. The molecule has 0 amide bonds. The van der Waals surface area contributed by atoms with Gasteiger partial charge in [-0.15, -0.1) is 0 Å². The maximum Gasteiger partial charge on any atom is 0.0824 e. The standard InChI is InChI=1S/C11H18O/c1-8(2)12-11-7-9(3)5-6-10(11)4/h5-8,10-11H,1-4H3. The predicted octanol–water partition coefficient (Wildman–Crippen LogP) is 2.93. The molecule has 0 spiro atoms. The Hall–Kier alpha value is -0.560. The Kier molecular flexibility index (Phi) is 3.10. The van der Waals surface area contributed by atoms with Crippen molar-refractivity contribution in [2.45, 2.75) is 39.9 Å². The topological polar surface area (TPSA) is 9.23 Å². The average Bonchev–Trinajstić information content (AvgIpc) is 1.96. The highest BCUT2D eigenvalue weighted by Gasteiger charge is 2.16. The Bertz CT molecular complexity index is 201. The second kappa shape index (κ2) is 3.90. The van der Waals surface area contributed by atoms with Crippen LogP contribution in [0.5, 0.6) is 0 Å². The third-order valence-corrected chi connectivity index (χ3v) is 2.04. The Labute approximate surface area is 75.1 Å². The van der Waals surface area contributed by atoms with Crippen molar-refractivity contribution in [2.75, 3.05) is 0 Å². The van der Waals surface area contributed by atoms with Crippen LogP contribution >= 0.6 is 0 Å². The zero-order chi connectivity index (χ0) is 9.14. The first-order valence-corrected chi connectivity index (χ1v) is 4.61. The van der Waals surface area contributed by atoms with Crippen molar-refractivity contribution in [2.24, 2.45) is 5.92 Å². The van der Waals surface area contributed by atoms with Crippen molar-refractivity contribution < 1.29 is 4.74 Å². The molecule has 0 aliphatic heterocycles. The van der Waals surface area contributed by atoms with E-state index in [-0.39, 0.29) is 6.10 Å². The first-order valence-electron chi connectivity index (χ1n) is 4.61. The van der Waals surface area contributed by atoms with Crippen LogP contribution in [0.15, 0.2) is 23.8 Å². The van der Waals surface area contributed by atoms with Crippen LogP contribution in [0.1, 0.15) is 27.7 Å². The number of ether oxygens (including phenoxy) is 1. The highest BCUT2D eigenvalue weighted by atomic mass is 16.5. The van der Waals surface area contributed by atoms with E-state index in [4.69, 9.17) is 4.74 Å². The summed E-state index contributed by atoms with van der Waals surface area (Å²) in [7, 11) is 0. The molecule has 2 atom stereocenters. The second-order valence-electron chi connectivity index (χ2n) is 3.78. The lowest BCUT2D eigenvalue weighted by Gasteiger charge is -2.24. The summed E-state index contributed by atoms with van der Waals surface area (Å²) in [5.74, 6) is 0.510. The number of allylic oxidation sites excluding steroid dienone is 2. The van der Waals surface area contributed by atoms with E-state index in [1.165, 1.54) is 5.57 Å². The molecule has 0 aromatic rings. The van der Waals surface area contributed by atoms with Crippen LogP contribution in [-0.2, 0) is 4.74 Å². The molecule has 0 heterocycles. The predicted molar refractivity (Wildman–Crippen MR) is 52.1 cm³/mol. The molecule has 0 N–H and O–H groups in total. The van der Waals surface area contributed by atoms with E-state index in [9.17, 15) is 0 Å². The normalized spacial score (nSPS) is 29.2. The SMILES string of the molecule is CC1=CC(OC(C)C)C(C)C=C1. The van der Waals surface area contributed by atoms with E-state index < -0.39 is 0 Å². The minimum atomic E-state index is 0.273. The van der Waals surface area contributed by atoms with Crippen molar-refractivity contribution in [3.63, 3.8) is 0 Å². The van der Waals surface area contributed by atoms with Crippen molar-refractivity contribution in [1.29, 1.82) is 0 Å². The zero-order valence-corrected chi connectivity index (χ0v) is 8.37. The van der Waals surface area contributed by atoms with Crippen LogP contribution in [-0.4, -0.2) is 12.2 Å². The van der Waals surface area contributed by atoms with Gasteiger partial charge < -0.3 is 4.74 Å². The summed E-state index contributed by atoms with van der Waals surface area (Å²) in [5.41, 5.74) is 1.30. The molecule has 2 unspecified atom stereocenters. The summed E-state index contributed by atoms with van der Waals surface area (Å²) in [6.45, 7) is 8.45. The van der Waals surface area contributed by atoms with Gasteiger partial charge in [0, 0.05) is 5.92 Å². The van der Waals surface area contributed by atoms with Gasteiger partial charge in [0.15, 0.2) is 0 Å². The fourth-order valence-electron chi connectivity index (χ4n) is 1.36. The Morgan fingerprint density at radius 1 is 1.42 bits per heavy atom. The van der Waals surface area contributed by atoms with E-state index >= 15 is 0 Å². The summed E-state index contributed by atoms with van der Waals surface area (Å²) in [6, 6.07) is 0. The average molecular weight is 166 g/mol. The molecule has 0 aromatic heterocycles. The van der Waals surface area contributed by atoms with Crippen molar-refractivity contribution in [1.82, 2.24) is 0 Å². The van der Waals surface area contributed by atoms with Crippen LogP contribution in [0.25, 0.3) is 0 Å². The van der Waals surface area contributed by atoms with Crippen LogP contribution in [0.3, 0.4) is 0 Å². The maximum absolute atomic E-state index is 5.75. The van der Waals surface area contributed by atoms with Crippen LogP contribution in [0, 0.1) is 5.92 Å². The lowest BCUT2D eigenvalue weighted by Crippen LogP contribution is -2.23. The smallest absolute Gasteiger partial charge is 0.0824 e. The van der Waals surface area contributed by atoms with E-state index in [2.05, 4.69) is 45.9 Å². The zero-order valence-electron chi connectivity index (χ0n) is 8.37. The van der Waals surface area contributed by atoms with Gasteiger partial charge in [0.2, 0.25) is 0 Å². The summed E-state index contributed by atoms with van der Waals surface area (Å²) < 4.78 is 5.75. The highest BCUT2D eigenvalue weighted by Crippen LogP contribution is 2.20. The van der Waals surface area contributed by atoms with Crippen LogP contribution < -0.4 is 0 Å². The van der Waals surface area contributed by atoms with Gasteiger partial charge in [0.25, 0.3) is 0 Å². The number of hydrogen-bond donors (Lipinski definition) is 0. The molecule has 0 saturated carbocycles. The van der Waals surface area contributed by atoms with Crippen molar-refractivity contribution in [3.05, 3.63) is 23.8 Å². The molecule has 0 bridgehead atoms. The first kappa shape index (κ1) is 9.53. The minimum absolute atomic E-state index is 0.273. The number of hydrogen-bond acceptors (Lipinski definition) is 1. The van der Waals surface area contributed by atoms with Crippen molar-refractivity contribution in [3.8, 4) is 0 Å². The fraction of sp³-hybridized carbons (Fsp3) is 0.636. The summed E-state index contributed by atoms with van der Waals surface area (Å²) in [4.78, 5) is 0. The lowest BCUT2D eigenvalue weighted by atomic mass is 9.96. The number of rotatable bonds is 2. The minimum Gasteiger partial charge on any atom is -0.371 e. The molecule has 0 fully saturated rings. The lowest BCUT2D eigenvalue weighted by molar-refractivity contribution is 0.0158. The van der Waals surface area contributed by atoms with E-state index in [1.54, 1.807) is 0 Å². The molecule has 68 valence electrons. The Balaban J connectivity index is 2.58. The second-order valence-corrected chi connectivity index (χ2v) is 3.78. The molecule has 1 heteroatoms. The van der Waals surface area contributed by atoms with E-state index in [0.29, 0.717) is 12.0 Å². The quantitative estimate of drug-likeness (QED) is 0.613. The Morgan fingerprint density at radius 3 is 2.67 bits per heavy atom. The van der Waals surface area contributed by atoms with Gasteiger partial charge >= 0.3 is 0 Å². The van der Waals surface area contributed by atoms with Crippen LogP contribution in [0.2, 0.25) is 0 Å². The van der Waals surface area contributed by atoms with Gasteiger partial charge in [-0.05, 0) is 20.8 Å². The molecular formula is C11H18O. The summed E-state index contributed by atoms with van der Waals surface area (Å²) in [5, 5.41) is 0. The molecule has 1 aliphatic carbocycles. The van der Waals surface area contributed by atoms with Gasteiger partial charge in [-0.3, -0.25) is 0 Å². The summed E-state index contributed by atoms with van der Waals surface area (Å²) in [6.07, 6.45) is 7.15. The molecule has 1 aliphatic rings. The van der Waals surface area contributed by atoms with Gasteiger partial charge in [-0.1, -0.05) is 30.7 Å². The molecule has 0 radical (unpaired) electrons. The van der Waals surface area contributed by atoms with Gasteiger partial charge in [0.05, 0.1) is 12.2 Å². The monoisotopic (exact) mass is 166 g/mol. The van der Waals surface area contributed by atoms with Crippen molar-refractivity contribution >= 4 is 0 Å². The molecule has 0 saturated heterocycles. The van der Waals surface area contributed by atoms with Gasteiger partial charge in [-0.2, -0.15) is 0 Å². The Morgan fingerprint density at radius 2 is 2.08 bits per heavy atom. The van der Waals surface area contributed by atoms with Crippen LogP contribution in [0.4, 0.5) is 0 Å². The maximum atomic E-state index is 5.75. The molecular weight excluding hydrogens is 148 g/mol. The molecule has 1 nitrogen and oxygen atoms in total. The molecule has 12 heavy (non-hydrogen) atoms. The van der Waals surface area contributed by atoms with E-state index in [1.807, 2.05) is 0 Å². The third kappa shape index (κ3) is 2.49. The van der Waals surface area contributed by atoms with Gasteiger partial charge in [-0.25, -0.2) is 0 Å². The molecule has 1 rings (SSSR count). The molecule has 0 aromatic carbocycles. The largest absolute Gasteiger partial charge is 0.371 e. The highest BCUT2D eigenvalue weighted by molar-refractivity contribution is 5.24. The van der Waals surface area contributed by atoms with E-state index in [0.717, 1.165) is 0 Å². The summed E-state index contributed by atoms with van der Waals surface area (Å²) >= 11 is 0. The first-order chi connectivity index (χ1) is 5.59. The van der Waals surface area contributed by atoms with Gasteiger partial charge in [0.1, 0.15) is 0 Å².